The molecule has 2 aromatic rings. The predicted molar refractivity (Wildman–Crippen MR) is 82.2 cm³/mol. The summed E-state index contributed by atoms with van der Waals surface area (Å²) in [6.07, 6.45) is 0. The molecule has 0 amide bonds. The molecular weight excluding hydrogens is 302 g/mol. The van der Waals surface area contributed by atoms with Crippen molar-refractivity contribution >= 4 is 17.5 Å². The van der Waals surface area contributed by atoms with E-state index in [4.69, 9.17) is 15.3 Å². The fraction of sp³-hybridized carbons (Fsp3) is 0.0667. The first-order chi connectivity index (χ1) is 11.0. The summed E-state index contributed by atoms with van der Waals surface area (Å²) in [5, 5.41) is 14.5. The van der Waals surface area contributed by atoms with Gasteiger partial charge in [0.25, 0.3) is 0 Å². The highest BCUT2D eigenvalue weighted by Gasteiger charge is 2.19. The van der Waals surface area contributed by atoms with Crippen LogP contribution in [-0.4, -0.2) is 23.8 Å². The lowest BCUT2D eigenvalue weighted by atomic mass is 10.2. The summed E-state index contributed by atoms with van der Waals surface area (Å²) in [7, 11) is 1.30. The van der Waals surface area contributed by atoms with E-state index in [-0.39, 0.29) is 22.8 Å². The van der Waals surface area contributed by atoms with Crippen molar-refractivity contribution < 1.29 is 19.3 Å². The molecule has 0 fully saturated rings. The molecule has 0 heterocycles. The molecule has 0 aliphatic rings. The second kappa shape index (κ2) is 7.03. The molecule has 2 N–H and O–H groups in total. The summed E-state index contributed by atoms with van der Waals surface area (Å²) in [5.74, 6) is -0.810. The average molecular weight is 315 g/mol. The van der Waals surface area contributed by atoms with Crippen LogP contribution in [0.2, 0.25) is 0 Å². The van der Waals surface area contributed by atoms with Crippen LogP contribution in [0.4, 0.5) is 5.69 Å². The average Bonchev–Trinajstić information content (AvgIpc) is 2.59. The van der Waals surface area contributed by atoms with Crippen molar-refractivity contribution in [2.24, 2.45) is 10.9 Å². The van der Waals surface area contributed by atoms with Gasteiger partial charge in [-0.25, -0.2) is 4.79 Å². The molecule has 0 saturated heterocycles. The van der Waals surface area contributed by atoms with Crippen LogP contribution in [0.1, 0.15) is 15.9 Å². The number of nitro groups is 1. The molecule has 8 nitrogen and oxygen atoms in total. The molecule has 0 aromatic heterocycles. The maximum Gasteiger partial charge on any atom is 0.366 e. The third-order valence-electron chi connectivity index (χ3n) is 2.91. The Morgan fingerprint density at radius 3 is 2.48 bits per heavy atom. The summed E-state index contributed by atoms with van der Waals surface area (Å²) >= 11 is 0. The van der Waals surface area contributed by atoms with Crippen LogP contribution in [0.25, 0.3) is 0 Å². The second-order valence-corrected chi connectivity index (χ2v) is 4.37. The number of nitrogens with two attached hydrogens (primary N) is 1. The zero-order valence-corrected chi connectivity index (χ0v) is 12.1. The summed E-state index contributed by atoms with van der Waals surface area (Å²) in [4.78, 5) is 26.9. The number of oxime groups is 1. The Bertz CT molecular complexity index is 759. The van der Waals surface area contributed by atoms with Crippen molar-refractivity contribution in [3.63, 3.8) is 0 Å². The number of carbonyl (C=O) groups is 1. The van der Waals surface area contributed by atoms with Gasteiger partial charge in [0.1, 0.15) is 0 Å². The molecular formula is C15H13N3O5. The lowest BCUT2D eigenvalue weighted by Crippen LogP contribution is -2.15. The largest absolute Gasteiger partial charge is 0.490 e. The Hall–Kier alpha value is -3.42. The van der Waals surface area contributed by atoms with E-state index in [1.165, 1.54) is 19.2 Å². The van der Waals surface area contributed by atoms with Gasteiger partial charge < -0.3 is 15.3 Å². The maximum absolute atomic E-state index is 11.9. The van der Waals surface area contributed by atoms with E-state index >= 15 is 0 Å². The van der Waals surface area contributed by atoms with Gasteiger partial charge in [0, 0.05) is 11.6 Å². The first-order valence-electron chi connectivity index (χ1n) is 6.45. The van der Waals surface area contributed by atoms with Crippen LogP contribution in [0.15, 0.2) is 53.7 Å². The quantitative estimate of drug-likeness (QED) is 0.297. The van der Waals surface area contributed by atoms with Crippen molar-refractivity contribution in [1.82, 2.24) is 0 Å². The van der Waals surface area contributed by atoms with Gasteiger partial charge in [-0.2, -0.15) is 0 Å². The minimum absolute atomic E-state index is 0.0157. The summed E-state index contributed by atoms with van der Waals surface area (Å²) < 4.78 is 4.86. The first kappa shape index (κ1) is 16.0. The van der Waals surface area contributed by atoms with Crippen molar-refractivity contribution in [3.05, 3.63) is 69.8 Å². The molecule has 0 bridgehead atoms. The minimum Gasteiger partial charge on any atom is -0.490 e. The van der Waals surface area contributed by atoms with Gasteiger partial charge in [-0.3, -0.25) is 10.1 Å². The molecule has 118 valence electrons. The minimum atomic E-state index is -0.866. The van der Waals surface area contributed by atoms with E-state index in [0.29, 0.717) is 5.56 Å². The number of hydrogen-bond donors (Lipinski definition) is 1. The molecule has 0 spiro atoms. The molecule has 0 aliphatic carbocycles. The molecule has 2 rings (SSSR count). The van der Waals surface area contributed by atoms with E-state index in [2.05, 4.69) is 5.16 Å². The third kappa shape index (κ3) is 3.82. The third-order valence-corrected chi connectivity index (χ3v) is 2.91. The van der Waals surface area contributed by atoms with E-state index in [1.807, 2.05) is 0 Å². The van der Waals surface area contributed by atoms with Crippen LogP contribution in [-0.2, 0) is 4.84 Å². The Balaban J connectivity index is 2.18. The molecule has 2 aromatic carbocycles. The Labute approximate surface area is 131 Å². The summed E-state index contributed by atoms with van der Waals surface area (Å²) in [5.41, 5.74) is 5.89. The molecule has 23 heavy (non-hydrogen) atoms. The van der Waals surface area contributed by atoms with Crippen molar-refractivity contribution in [2.75, 3.05) is 7.11 Å². The van der Waals surface area contributed by atoms with Crippen LogP contribution in [0.5, 0.6) is 5.75 Å². The van der Waals surface area contributed by atoms with Crippen LogP contribution < -0.4 is 10.5 Å². The van der Waals surface area contributed by atoms with E-state index in [1.54, 1.807) is 30.3 Å². The summed E-state index contributed by atoms with van der Waals surface area (Å²) in [6.45, 7) is 0. The Kier molecular flexibility index (Phi) is 4.88. The number of methoxy groups -OCH3 is 1. The molecule has 0 radical (unpaired) electrons. The standard InChI is InChI=1S/C15H13N3O5/c1-22-13-8-7-11(9-12(13)18(20)21)15(19)23-17-14(16)10-5-3-2-4-6-10/h2-9H,1H3,(H2,16,17). The first-order valence-corrected chi connectivity index (χ1v) is 6.45. The smallest absolute Gasteiger partial charge is 0.366 e. The molecule has 0 atom stereocenters. The van der Waals surface area contributed by atoms with E-state index in [9.17, 15) is 14.9 Å². The summed E-state index contributed by atoms with van der Waals surface area (Å²) in [6, 6.07) is 12.4. The Morgan fingerprint density at radius 2 is 1.87 bits per heavy atom. The lowest BCUT2D eigenvalue weighted by molar-refractivity contribution is -0.385. The van der Waals surface area contributed by atoms with E-state index in [0.717, 1.165) is 6.07 Å². The molecule has 8 heteroatoms. The number of hydrogen-bond acceptors (Lipinski definition) is 6. The lowest BCUT2D eigenvalue weighted by Gasteiger charge is -2.04. The van der Waals surface area contributed by atoms with Crippen molar-refractivity contribution in [2.45, 2.75) is 0 Å². The Morgan fingerprint density at radius 1 is 1.17 bits per heavy atom. The fourth-order valence-corrected chi connectivity index (χ4v) is 1.76. The number of ether oxygens (including phenoxy) is 1. The van der Waals surface area contributed by atoms with Crippen molar-refractivity contribution in [1.29, 1.82) is 0 Å². The van der Waals surface area contributed by atoms with Crippen LogP contribution >= 0.6 is 0 Å². The van der Waals surface area contributed by atoms with Crippen molar-refractivity contribution in [3.8, 4) is 5.75 Å². The maximum atomic E-state index is 11.9. The highest BCUT2D eigenvalue weighted by molar-refractivity contribution is 5.98. The highest BCUT2D eigenvalue weighted by Crippen LogP contribution is 2.27. The molecule has 0 aliphatic heterocycles. The monoisotopic (exact) mass is 315 g/mol. The highest BCUT2D eigenvalue weighted by atomic mass is 16.7. The van der Waals surface area contributed by atoms with Gasteiger partial charge in [-0.05, 0) is 12.1 Å². The van der Waals surface area contributed by atoms with Gasteiger partial charge in [0.15, 0.2) is 11.6 Å². The number of nitrogens with zero attached hydrogens (tertiary/aromatic N) is 2. The molecule has 0 unspecified atom stereocenters. The zero-order chi connectivity index (χ0) is 16.8. The van der Waals surface area contributed by atoms with Gasteiger partial charge in [-0.15, -0.1) is 0 Å². The van der Waals surface area contributed by atoms with Gasteiger partial charge in [-0.1, -0.05) is 35.5 Å². The van der Waals surface area contributed by atoms with E-state index < -0.39 is 10.9 Å². The topological polar surface area (TPSA) is 117 Å². The van der Waals surface area contributed by atoms with Gasteiger partial charge >= 0.3 is 11.7 Å². The second-order valence-electron chi connectivity index (χ2n) is 4.37. The SMILES string of the molecule is COc1ccc(C(=O)O/N=C(\N)c2ccccc2)cc1[N+](=O)[O-]. The fourth-order valence-electron chi connectivity index (χ4n) is 1.76. The number of carbonyl (C=O) groups excluding carboxylic acids is 1. The number of amidine groups is 1. The number of nitro benzene ring substituents is 1. The molecule has 0 saturated carbocycles. The number of benzene rings is 2. The normalized spacial score (nSPS) is 10.9. The van der Waals surface area contributed by atoms with Crippen LogP contribution in [0.3, 0.4) is 0 Å². The van der Waals surface area contributed by atoms with Gasteiger partial charge in [0.2, 0.25) is 0 Å². The predicted octanol–water partition coefficient (Wildman–Crippen LogP) is 2.08. The zero-order valence-electron chi connectivity index (χ0n) is 12.1. The van der Waals surface area contributed by atoms with Gasteiger partial charge in [0.05, 0.1) is 17.6 Å². The van der Waals surface area contributed by atoms with Crippen LogP contribution in [0, 0.1) is 10.1 Å². The number of rotatable bonds is 5.